The third kappa shape index (κ3) is 4.40. The third-order valence-corrected chi connectivity index (χ3v) is 6.19. The lowest BCUT2D eigenvalue weighted by Crippen LogP contribution is -2.10. The van der Waals surface area contributed by atoms with E-state index in [0.717, 1.165) is 57.4 Å². The lowest BCUT2D eigenvalue weighted by Gasteiger charge is -2.16. The number of hydrogen-bond acceptors (Lipinski definition) is 5. The molecule has 5 aromatic rings. The first-order valence-corrected chi connectivity index (χ1v) is 11.6. The van der Waals surface area contributed by atoms with Crippen molar-refractivity contribution in [1.29, 1.82) is 0 Å². The summed E-state index contributed by atoms with van der Waals surface area (Å²) in [5.74, 6) is -0.376. The van der Waals surface area contributed by atoms with Crippen molar-refractivity contribution in [2.75, 3.05) is 0 Å². The SMILES string of the molecule is CCCc1nc2ccc(C)cc2c(C(=O)O)c1Cc1ccc(-c2ccccc2-c2nn[nH]n2)cc1. The summed E-state index contributed by atoms with van der Waals surface area (Å²) in [7, 11) is 0. The molecule has 0 spiro atoms. The van der Waals surface area contributed by atoms with E-state index in [9.17, 15) is 9.90 Å². The van der Waals surface area contributed by atoms with Gasteiger partial charge >= 0.3 is 5.97 Å². The Hall–Kier alpha value is -4.39. The minimum absolute atomic E-state index is 0.355. The molecule has 0 aliphatic rings. The van der Waals surface area contributed by atoms with Crippen molar-refractivity contribution < 1.29 is 9.90 Å². The van der Waals surface area contributed by atoms with Crippen LogP contribution in [0.2, 0.25) is 0 Å². The van der Waals surface area contributed by atoms with E-state index in [-0.39, 0.29) is 0 Å². The topological polar surface area (TPSA) is 105 Å². The molecule has 7 heteroatoms. The molecule has 0 amide bonds. The van der Waals surface area contributed by atoms with E-state index in [0.29, 0.717) is 23.2 Å². The van der Waals surface area contributed by atoms with Crippen LogP contribution in [0.5, 0.6) is 0 Å². The molecule has 2 aromatic heterocycles. The van der Waals surface area contributed by atoms with Gasteiger partial charge in [0.1, 0.15) is 0 Å². The van der Waals surface area contributed by atoms with Crippen molar-refractivity contribution in [1.82, 2.24) is 25.6 Å². The van der Waals surface area contributed by atoms with E-state index in [1.807, 2.05) is 73.7 Å². The molecule has 0 aliphatic heterocycles. The maximum absolute atomic E-state index is 12.4. The van der Waals surface area contributed by atoms with E-state index >= 15 is 0 Å². The minimum atomic E-state index is -0.916. The van der Waals surface area contributed by atoms with E-state index in [2.05, 4.69) is 27.5 Å². The fourth-order valence-corrected chi connectivity index (χ4v) is 4.56. The number of aryl methyl sites for hydroxylation is 2. The van der Waals surface area contributed by atoms with Crippen LogP contribution in [0.4, 0.5) is 0 Å². The summed E-state index contributed by atoms with van der Waals surface area (Å²) < 4.78 is 0. The van der Waals surface area contributed by atoms with Crippen LogP contribution in [0.15, 0.2) is 66.7 Å². The minimum Gasteiger partial charge on any atom is -0.478 e. The molecule has 0 aliphatic carbocycles. The number of aromatic nitrogens is 5. The highest BCUT2D eigenvalue weighted by Gasteiger charge is 2.20. The highest BCUT2D eigenvalue weighted by atomic mass is 16.4. The second kappa shape index (κ2) is 9.46. The number of pyridine rings is 1. The zero-order valence-corrected chi connectivity index (χ0v) is 19.6. The fourth-order valence-electron chi connectivity index (χ4n) is 4.56. The number of carboxylic acid groups (broad SMARTS) is 1. The highest BCUT2D eigenvalue weighted by molar-refractivity contribution is 6.04. The largest absolute Gasteiger partial charge is 0.478 e. The normalized spacial score (nSPS) is 11.1. The third-order valence-electron chi connectivity index (χ3n) is 6.19. The number of hydrogen-bond donors (Lipinski definition) is 2. The molecule has 3 aromatic carbocycles. The highest BCUT2D eigenvalue weighted by Crippen LogP contribution is 2.31. The Morgan fingerprint density at radius 1 is 1.00 bits per heavy atom. The van der Waals surface area contributed by atoms with Crippen LogP contribution in [0.1, 0.15) is 46.1 Å². The van der Waals surface area contributed by atoms with Crippen molar-refractivity contribution in [3.05, 3.63) is 94.7 Å². The molecule has 174 valence electrons. The molecular formula is C28H25N5O2. The lowest BCUT2D eigenvalue weighted by molar-refractivity contribution is 0.0697. The number of nitrogens with zero attached hydrogens (tertiary/aromatic N) is 4. The predicted octanol–water partition coefficient (Wildman–Crippen LogP) is 5.63. The first-order chi connectivity index (χ1) is 17.0. The van der Waals surface area contributed by atoms with Crippen LogP contribution in [-0.4, -0.2) is 36.7 Å². The molecule has 0 radical (unpaired) electrons. The summed E-state index contributed by atoms with van der Waals surface area (Å²) in [4.78, 5) is 17.3. The molecule has 2 N–H and O–H groups in total. The molecule has 7 nitrogen and oxygen atoms in total. The van der Waals surface area contributed by atoms with Gasteiger partial charge in [-0.25, -0.2) is 4.79 Å². The molecule has 0 unspecified atom stereocenters. The summed E-state index contributed by atoms with van der Waals surface area (Å²) in [5, 5.41) is 25.3. The average Bonchev–Trinajstić information content (AvgIpc) is 3.40. The standard InChI is InChI=1S/C28H25N5O2/c1-3-6-24-23(26(28(34)35)22-15-17(2)9-14-25(22)29-24)16-18-10-12-19(13-11-18)20-7-4-5-8-21(20)27-30-32-33-31-27/h4-5,7-15H,3,6,16H2,1-2H3,(H,34,35)(H,30,31,32,33). The van der Waals surface area contributed by atoms with E-state index < -0.39 is 5.97 Å². The zero-order valence-electron chi connectivity index (χ0n) is 19.6. The zero-order chi connectivity index (χ0) is 24.4. The molecular weight excluding hydrogens is 438 g/mol. The number of rotatable bonds is 7. The van der Waals surface area contributed by atoms with Gasteiger partial charge < -0.3 is 5.11 Å². The van der Waals surface area contributed by atoms with Crippen LogP contribution < -0.4 is 0 Å². The van der Waals surface area contributed by atoms with Crippen LogP contribution in [0, 0.1) is 6.92 Å². The Morgan fingerprint density at radius 2 is 1.77 bits per heavy atom. The van der Waals surface area contributed by atoms with Gasteiger partial charge in [-0.1, -0.05) is 73.5 Å². The Balaban J connectivity index is 1.56. The lowest BCUT2D eigenvalue weighted by atomic mass is 9.91. The van der Waals surface area contributed by atoms with Gasteiger partial charge in [-0.15, -0.1) is 10.2 Å². The molecule has 2 heterocycles. The Morgan fingerprint density at radius 3 is 2.46 bits per heavy atom. The summed E-state index contributed by atoms with van der Waals surface area (Å²) in [6, 6.07) is 21.9. The number of H-pyrrole nitrogens is 1. The second-order valence-corrected chi connectivity index (χ2v) is 8.64. The molecule has 0 saturated carbocycles. The summed E-state index contributed by atoms with van der Waals surface area (Å²) >= 11 is 0. The molecule has 35 heavy (non-hydrogen) atoms. The van der Waals surface area contributed by atoms with E-state index in [4.69, 9.17) is 4.98 Å². The number of carboxylic acids is 1. The Labute approximate surface area is 202 Å². The second-order valence-electron chi connectivity index (χ2n) is 8.64. The maximum Gasteiger partial charge on any atom is 0.336 e. The monoisotopic (exact) mass is 463 g/mol. The molecule has 0 saturated heterocycles. The van der Waals surface area contributed by atoms with Crippen LogP contribution >= 0.6 is 0 Å². The van der Waals surface area contributed by atoms with Gasteiger partial charge in [-0.3, -0.25) is 4.98 Å². The fraction of sp³-hybridized carbons (Fsp3) is 0.179. The maximum atomic E-state index is 12.4. The van der Waals surface area contributed by atoms with Gasteiger partial charge in [-0.05, 0) is 52.9 Å². The van der Waals surface area contributed by atoms with Crippen molar-refractivity contribution >= 4 is 16.9 Å². The Kier molecular flexibility index (Phi) is 6.06. The molecule has 0 bridgehead atoms. The summed E-state index contributed by atoms with van der Waals surface area (Å²) in [6.45, 7) is 4.05. The average molecular weight is 464 g/mol. The number of benzene rings is 3. The van der Waals surface area contributed by atoms with Crippen molar-refractivity contribution in [3.8, 4) is 22.5 Å². The Bertz CT molecular complexity index is 1510. The summed E-state index contributed by atoms with van der Waals surface area (Å²) in [5.41, 5.74) is 7.68. The van der Waals surface area contributed by atoms with Gasteiger partial charge in [0.15, 0.2) is 0 Å². The van der Waals surface area contributed by atoms with Crippen LogP contribution in [0.25, 0.3) is 33.4 Å². The van der Waals surface area contributed by atoms with Gasteiger partial charge in [-0.2, -0.15) is 5.21 Å². The van der Waals surface area contributed by atoms with Crippen molar-refractivity contribution in [3.63, 3.8) is 0 Å². The van der Waals surface area contributed by atoms with Gasteiger partial charge in [0.25, 0.3) is 0 Å². The number of tetrazole rings is 1. The molecule has 0 atom stereocenters. The first kappa shape index (κ1) is 22.4. The quantitative estimate of drug-likeness (QED) is 0.324. The van der Waals surface area contributed by atoms with Gasteiger partial charge in [0.05, 0.1) is 11.1 Å². The number of nitrogens with one attached hydrogen (secondary N) is 1. The van der Waals surface area contributed by atoms with Gasteiger partial charge in [0, 0.05) is 23.1 Å². The number of aromatic carboxylic acids is 1. The van der Waals surface area contributed by atoms with Crippen molar-refractivity contribution in [2.24, 2.45) is 0 Å². The number of carbonyl (C=O) groups is 1. The number of aromatic amines is 1. The van der Waals surface area contributed by atoms with Crippen LogP contribution in [0.3, 0.4) is 0 Å². The van der Waals surface area contributed by atoms with Gasteiger partial charge in [0.2, 0.25) is 5.82 Å². The molecule has 5 rings (SSSR count). The number of fused-ring (bicyclic) bond motifs is 1. The van der Waals surface area contributed by atoms with Crippen LogP contribution in [-0.2, 0) is 12.8 Å². The summed E-state index contributed by atoms with van der Waals surface area (Å²) in [6.07, 6.45) is 2.12. The van der Waals surface area contributed by atoms with E-state index in [1.54, 1.807) is 0 Å². The first-order valence-electron chi connectivity index (χ1n) is 11.6. The van der Waals surface area contributed by atoms with Crippen molar-refractivity contribution in [2.45, 2.75) is 33.1 Å². The molecule has 0 fully saturated rings. The smallest absolute Gasteiger partial charge is 0.336 e. The van der Waals surface area contributed by atoms with E-state index in [1.165, 1.54) is 0 Å². The predicted molar refractivity (Wildman–Crippen MR) is 135 cm³/mol.